The first kappa shape index (κ1) is 18.8. The summed E-state index contributed by atoms with van der Waals surface area (Å²) in [6, 6.07) is 14.9. The van der Waals surface area contributed by atoms with Gasteiger partial charge < -0.3 is 10.6 Å². The van der Waals surface area contributed by atoms with Crippen LogP contribution < -0.4 is 10.6 Å². The van der Waals surface area contributed by atoms with E-state index in [4.69, 9.17) is 0 Å². The van der Waals surface area contributed by atoms with E-state index in [1.165, 1.54) is 11.6 Å². The lowest BCUT2D eigenvalue weighted by Gasteiger charge is -2.23. The second kappa shape index (κ2) is 8.12. The highest BCUT2D eigenvalue weighted by atomic mass is 19.1. The van der Waals surface area contributed by atoms with Crippen molar-refractivity contribution >= 4 is 17.5 Å². The topological polar surface area (TPSA) is 62.7 Å². The summed E-state index contributed by atoms with van der Waals surface area (Å²) in [5, 5.41) is 14.4. The highest BCUT2D eigenvalue weighted by Gasteiger charge is 2.17. The molecular formula is C21H24FN5. The molecule has 0 spiro atoms. The molecule has 0 bridgehead atoms. The Hall–Kier alpha value is -3.02. The zero-order valence-corrected chi connectivity index (χ0v) is 15.8. The van der Waals surface area contributed by atoms with Crippen LogP contribution in [0.25, 0.3) is 0 Å². The number of anilines is 3. The molecule has 0 atom stereocenters. The molecule has 6 heteroatoms. The lowest BCUT2D eigenvalue weighted by atomic mass is 9.86. The molecule has 0 aliphatic rings. The van der Waals surface area contributed by atoms with Crippen molar-refractivity contribution < 1.29 is 4.39 Å². The first-order chi connectivity index (χ1) is 12.9. The van der Waals surface area contributed by atoms with E-state index in [1.807, 2.05) is 24.3 Å². The molecule has 2 aromatic carbocycles. The number of nitrogens with one attached hydrogen (secondary N) is 2. The van der Waals surface area contributed by atoms with E-state index >= 15 is 0 Å². The fraction of sp³-hybridized carbons (Fsp3) is 0.286. The van der Waals surface area contributed by atoms with Crippen LogP contribution in [0.4, 0.5) is 21.8 Å². The zero-order valence-electron chi connectivity index (χ0n) is 15.8. The first-order valence-corrected chi connectivity index (χ1v) is 8.97. The number of aromatic nitrogens is 3. The van der Waals surface area contributed by atoms with Crippen molar-refractivity contribution in [3.05, 3.63) is 71.7 Å². The van der Waals surface area contributed by atoms with Gasteiger partial charge in [-0.3, -0.25) is 0 Å². The van der Waals surface area contributed by atoms with Crippen molar-refractivity contribution in [3.63, 3.8) is 0 Å². The lowest BCUT2D eigenvalue weighted by molar-refractivity contribution is 0.592. The van der Waals surface area contributed by atoms with Crippen LogP contribution in [-0.4, -0.2) is 21.7 Å². The maximum atomic E-state index is 13.7. The molecule has 0 saturated heterocycles. The molecule has 0 saturated carbocycles. The lowest BCUT2D eigenvalue weighted by Crippen LogP contribution is -2.14. The van der Waals surface area contributed by atoms with Crippen LogP contribution in [0.5, 0.6) is 0 Å². The molecule has 0 aliphatic heterocycles. The summed E-state index contributed by atoms with van der Waals surface area (Å²) in [6.07, 6.45) is 2.13. The van der Waals surface area contributed by atoms with Crippen molar-refractivity contribution in [1.29, 1.82) is 0 Å². The number of benzene rings is 2. The standard InChI is InChI=1S/C21H24FN5/c1-21(2,3)16-9-5-7-11-18(16)25-19-14-24-27-20(26-19)23-13-12-15-8-4-6-10-17(15)22/h4-11,14H,12-13H2,1-3H3,(H2,23,25,26,27). The first-order valence-electron chi connectivity index (χ1n) is 8.97. The number of hydrogen-bond donors (Lipinski definition) is 2. The Labute approximate surface area is 159 Å². The minimum atomic E-state index is -0.201. The largest absolute Gasteiger partial charge is 0.353 e. The number of para-hydroxylation sites is 1. The van der Waals surface area contributed by atoms with Gasteiger partial charge in [-0.15, -0.1) is 5.10 Å². The fourth-order valence-corrected chi connectivity index (χ4v) is 2.83. The number of rotatable bonds is 6. The van der Waals surface area contributed by atoms with E-state index in [0.29, 0.717) is 30.3 Å². The van der Waals surface area contributed by atoms with E-state index in [2.05, 4.69) is 52.7 Å². The molecule has 0 fully saturated rings. The summed E-state index contributed by atoms with van der Waals surface area (Å²) in [7, 11) is 0. The maximum absolute atomic E-state index is 13.7. The van der Waals surface area contributed by atoms with Crippen molar-refractivity contribution in [1.82, 2.24) is 15.2 Å². The van der Waals surface area contributed by atoms with Crippen molar-refractivity contribution in [2.45, 2.75) is 32.6 Å². The molecule has 0 unspecified atom stereocenters. The number of nitrogens with zero attached hydrogens (tertiary/aromatic N) is 3. The van der Waals surface area contributed by atoms with Gasteiger partial charge in [-0.05, 0) is 35.1 Å². The SMILES string of the molecule is CC(C)(C)c1ccccc1Nc1cnnc(NCCc2ccccc2F)n1. The smallest absolute Gasteiger partial charge is 0.244 e. The van der Waals surface area contributed by atoms with E-state index in [-0.39, 0.29) is 11.2 Å². The van der Waals surface area contributed by atoms with Crippen LogP contribution in [0.3, 0.4) is 0 Å². The molecule has 3 rings (SSSR count). The van der Waals surface area contributed by atoms with E-state index in [9.17, 15) is 4.39 Å². The van der Waals surface area contributed by atoms with Gasteiger partial charge >= 0.3 is 0 Å². The van der Waals surface area contributed by atoms with Crippen molar-refractivity contribution in [2.75, 3.05) is 17.2 Å². The van der Waals surface area contributed by atoms with Crippen LogP contribution in [0.2, 0.25) is 0 Å². The molecule has 3 aromatic rings. The number of hydrogen-bond acceptors (Lipinski definition) is 5. The molecule has 1 heterocycles. The second-order valence-corrected chi connectivity index (χ2v) is 7.35. The Morgan fingerprint density at radius 2 is 1.74 bits per heavy atom. The van der Waals surface area contributed by atoms with Gasteiger partial charge in [0.2, 0.25) is 5.95 Å². The van der Waals surface area contributed by atoms with E-state index in [0.717, 1.165) is 5.69 Å². The molecule has 1 aromatic heterocycles. The minimum Gasteiger partial charge on any atom is -0.353 e. The Kier molecular flexibility index (Phi) is 5.64. The summed E-state index contributed by atoms with van der Waals surface area (Å²) >= 11 is 0. The average molecular weight is 365 g/mol. The van der Waals surface area contributed by atoms with Crippen molar-refractivity contribution in [3.8, 4) is 0 Å². The summed E-state index contributed by atoms with van der Waals surface area (Å²) in [6.45, 7) is 7.02. The van der Waals surface area contributed by atoms with Crippen molar-refractivity contribution in [2.24, 2.45) is 0 Å². The van der Waals surface area contributed by atoms with Gasteiger partial charge in [0, 0.05) is 12.2 Å². The molecular weight excluding hydrogens is 341 g/mol. The predicted octanol–water partition coefficient (Wildman–Crippen LogP) is 4.71. The summed E-state index contributed by atoms with van der Waals surface area (Å²) < 4.78 is 13.7. The van der Waals surface area contributed by atoms with Gasteiger partial charge in [0.15, 0.2) is 5.82 Å². The van der Waals surface area contributed by atoms with E-state index < -0.39 is 0 Å². The Morgan fingerprint density at radius 3 is 2.52 bits per heavy atom. The van der Waals surface area contributed by atoms with E-state index in [1.54, 1.807) is 18.3 Å². The fourth-order valence-electron chi connectivity index (χ4n) is 2.83. The highest BCUT2D eigenvalue weighted by Crippen LogP contribution is 2.30. The predicted molar refractivity (Wildman–Crippen MR) is 107 cm³/mol. The average Bonchev–Trinajstić information content (AvgIpc) is 2.63. The van der Waals surface area contributed by atoms with Crippen LogP contribution >= 0.6 is 0 Å². The molecule has 27 heavy (non-hydrogen) atoms. The minimum absolute atomic E-state index is 0.00485. The van der Waals surface area contributed by atoms with Gasteiger partial charge in [-0.1, -0.05) is 57.2 Å². The Bertz CT molecular complexity index is 905. The monoisotopic (exact) mass is 365 g/mol. The third-order valence-electron chi connectivity index (χ3n) is 4.19. The summed E-state index contributed by atoms with van der Waals surface area (Å²) in [4.78, 5) is 4.46. The van der Waals surface area contributed by atoms with Crippen LogP contribution in [-0.2, 0) is 11.8 Å². The normalized spacial score (nSPS) is 11.3. The van der Waals surface area contributed by atoms with Gasteiger partial charge in [-0.25, -0.2) is 4.39 Å². The third-order valence-corrected chi connectivity index (χ3v) is 4.19. The summed E-state index contributed by atoms with van der Waals surface area (Å²) in [5.41, 5.74) is 2.84. The van der Waals surface area contributed by atoms with Gasteiger partial charge in [0.25, 0.3) is 0 Å². The van der Waals surface area contributed by atoms with Crippen LogP contribution in [0, 0.1) is 5.82 Å². The molecule has 5 nitrogen and oxygen atoms in total. The summed E-state index contributed by atoms with van der Waals surface area (Å²) in [5.74, 6) is 0.812. The van der Waals surface area contributed by atoms with Gasteiger partial charge in [0.1, 0.15) is 5.82 Å². The molecule has 0 amide bonds. The third kappa shape index (κ3) is 5.00. The van der Waals surface area contributed by atoms with Crippen LogP contribution in [0.1, 0.15) is 31.9 Å². The zero-order chi connectivity index (χ0) is 19.3. The second-order valence-electron chi connectivity index (χ2n) is 7.35. The molecule has 0 aliphatic carbocycles. The van der Waals surface area contributed by atoms with Crippen LogP contribution in [0.15, 0.2) is 54.7 Å². The maximum Gasteiger partial charge on any atom is 0.244 e. The number of halogens is 1. The molecule has 140 valence electrons. The molecule has 2 N–H and O–H groups in total. The Balaban J connectivity index is 1.67. The Morgan fingerprint density at radius 1 is 1.00 bits per heavy atom. The quantitative estimate of drug-likeness (QED) is 0.663. The molecule has 0 radical (unpaired) electrons. The van der Waals surface area contributed by atoms with Gasteiger partial charge in [-0.2, -0.15) is 10.1 Å². The highest BCUT2D eigenvalue weighted by molar-refractivity contribution is 5.62. The van der Waals surface area contributed by atoms with Gasteiger partial charge in [0.05, 0.1) is 6.20 Å².